The molecule has 1 aromatic heterocycles. The van der Waals surface area contributed by atoms with Crippen molar-refractivity contribution in [2.45, 2.75) is 6.42 Å². The second-order valence-electron chi connectivity index (χ2n) is 4.25. The van der Waals surface area contributed by atoms with Gasteiger partial charge in [0.05, 0.1) is 19.3 Å². The highest BCUT2D eigenvalue weighted by atomic mass is 32.1. The van der Waals surface area contributed by atoms with Gasteiger partial charge in [0.25, 0.3) is 0 Å². The van der Waals surface area contributed by atoms with Crippen molar-refractivity contribution in [3.63, 3.8) is 0 Å². The minimum absolute atomic E-state index is 0.0688. The van der Waals surface area contributed by atoms with Crippen molar-refractivity contribution < 1.29 is 9.53 Å². The predicted molar refractivity (Wildman–Crippen MR) is 82.5 cm³/mol. The molecule has 20 heavy (non-hydrogen) atoms. The monoisotopic (exact) mass is 290 g/mol. The summed E-state index contributed by atoms with van der Waals surface area (Å²) in [6.07, 6.45) is 0.944. The van der Waals surface area contributed by atoms with Gasteiger partial charge >= 0.3 is 0 Å². The zero-order valence-electron chi connectivity index (χ0n) is 11.4. The standard InChI is InChI=1S/C15H18N2O2S/c1-19-14-7-3-2-6-13(14)17-15(18)11-16-9-8-12-5-4-10-20-12/h2-7,10,16H,8-9,11H2,1H3,(H,17,18). The number of rotatable bonds is 7. The Labute approximate surface area is 122 Å². The predicted octanol–water partition coefficient (Wildman–Crippen LogP) is 2.53. The number of hydrogen-bond donors (Lipinski definition) is 2. The van der Waals surface area contributed by atoms with Gasteiger partial charge in [-0.15, -0.1) is 11.3 Å². The van der Waals surface area contributed by atoms with Gasteiger partial charge in [-0.05, 0) is 30.0 Å². The van der Waals surface area contributed by atoms with Crippen LogP contribution in [0.4, 0.5) is 5.69 Å². The Morgan fingerprint density at radius 1 is 1.25 bits per heavy atom. The number of ether oxygens (including phenoxy) is 1. The molecule has 2 N–H and O–H groups in total. The fourth-order valence-electron chi connectivity index (χ4n) is 1.81. The lowest BCUT2D eigenvalue weighted by molar-refractivity contribution is -0.115. The molecule has 0 saturated heterocycles. The summed E-state index contributed by atoms with van der Waals surface area (Å²) in [5.74, 6) is 0.597. The number of amides is 1. The van der Waals surface area contributed by atoms with Crippen molar-refractivity contribution in [1.29, 1.82) is 0 Å². The summed E-state index contributed by atoms with van der Waals surface area (Å²) in [4.78, 5) is 13.1. The van der Waals surface area contributed by atoms with Crippen LogP contribution in [-0.2, 0) is 11.2 Å². The van der Waals surface area contributed by atoms with E-state index in [0.29, 0.717) is 18.0 Å². The van der Waals surface area contributed by atoms with E-state index < -0.39 is 0 Å². The average Bonchev–Trinajstić information content (AvgIpc) is 2.97. The molecule has 0 unspecified atom stereocenters. The van der Waals surface area contributed by atoms with Crippen LogP contribution < -0.4 is 15.4 Å². The normalized spacial score (nSPS) is 10.2. The zero-order valence-corrected chi connectivity index (χ0v) is 12.2. The van der Waals surface area contributed by atoms with Crippen LogP contribution in [0, 0.1) is 0 Å². The minimum atomic E-state index is -0.0688. The number of thiophene rings is 1. The van der Waals surface area contributed by atoms with Gasteiger partial charge in [-0.2, -0.15) is 0 Å². The van der Waals surface area contributed by atoms with Crippen LogP contribution in [0.15, 0.2) is 41.8 Å². The van der Waals surface area contributed by atoms with Crippen LogP contribution in [0.5, 0.6) is 5.75 Å². The Kier molecular flexibility index (Phi) is 5.58. The number of hydrogen-bond acceptors (Lipinski definition) is 4. The second-order valence-corrected chi connectivity index (χ2v) is 5.29. The molecule has 4 nitrogen and oxygen atoms in total. The lowest BCUT2D eigenvalue weighted by atomic mass is 10.3. The SMILES string of the molecule is COc1ccccc1NC(=O)CNCCc1cccs1. The van der Waals surface area contributed by atoms with E-state index >= 15 is 0 Å². The van der Waals surface area contributed by atoms with E-state index in [1.54, 1.807) is 18.4 Å². The average molecular weight is 290 g/mol. The van der Waals surface area contributed by atoms with E-state index in [1.165, 1.54) is 4.88 Å². The van der Waals surface area contributed by atoms with Crippen LogP contribution >= 0.6 is 11.3 Å². The number of anilines is 1. The molecule has 0 saturated carbocycles. The summed E-state index contributed by atoms with van der Waals surface area (Å²) < 4.78 is 5.19. The largest absolute Gasteiger partial charge is 0.495 e. The number of carbonyl (C=O) groups is 1. The summed E-state index contributed by atoms with van der Waals surface area (Å²) in [7, 11) is 1.59. The molecule has 0 bridgehead atoms. The Hall–Kier alpha value is -1.85. The third-order valence-corrected chi connectivity index (χ3v) is 3.73. The van der Waals surface area contributed by atoms with Gasteiger partial charge in [-0.25, -0.2) is 0 Å². The van der Waals surface area contributed by atoms with Crippen molar-refractivity contribution in [2.24, 2.45) is 0 Å². The van der Waals surface area contributed by atoms with Crippen molar-refractivity contribution >= 4 is 22.9 Å². The first-order valence-corrected chi connectivity index (χ1v) is 7.33. The highest BCUT2D eigenvalue weighted by Crippen LogP contribution is 2.22. The van der Waals surface area contributed by atoms with Crippen LogP contribution in [-0.4, -0.2) is 26.1 Å². The summed E-state index contributed by atoms with van der Waals surface area (Å²) in [6, 6.07) is 11.5. The first-order valence-electron chi connectivity index (χ1n) is 6.45. The van der Waals surface area contributed by atoms with E-state index in [4.69, 9.17) is 4.74 Å². The number of methoxy groups -OCH3 is 1. The van der Waals surface area contributed by atoms with E-state index in [1.807, 2.05) is 30.3 Å². The maximum absolute atomic E-state index is 11.8. The maximum atomic E-state index is 11.8. The first-order chi connectivity index (χ1) is 9.79. The first kappa shape index (κ1) is 14.6. The summed E-state index contributed by atoms with van der Waals surface area (Å²) in [6.45, 7) is 1.09. The van der Waals surface area contributed by atoms with Crippen LogP contribution in [0.25, 0.3) is 0 Å². The molecule has 0 atom stereocenters. The van der Waals surface area contributed by atoms with Gasteiger partial charge in [0, 0.05) is 11.4 Å². The smallest absolute Gasteiger partial charge is 0.238 e. The molecule has 0 aliphatic heterocycles. The van der Waals surface area contributed by atoms with Gasteiger partial charge in [-0.1, -0.05) is 18.2 Å². The number of carbonyl (C=O) groups excluding carboxylic acids is 1. The van der Waals surface area contributed by atoms with Crippen LogP contribution in [0.1, 0.15) is 4.88 Å². The van der Waals surface area contributed by atoms with Gasteiger partial charge in [0.15, 0.2) is 0 Å². The highest BCUT2D eigenvalue weighted by Gasteiger charge is 2.06. The van der Waals surface area contributed by atoms with E-state index in [9.17, 15) is 4.79 Å². The molecule has 2 rings (SSSR count). The molecule has 5 heteroatoms. The molecule has 1 heterocycles. The van der Waals surface area contributed by atoms with Gasteiger partial charge < -0.3 is 15.4 Å². The van der Waals surface area contributed by atoms with Gasteiger partial charge in [-0.3, -0.25) is 4.79 Å². The van der Waals surface area contributed by atoms with Crippen molar-refractivity contribution in [2.75, 3.05) is 25.5 Å². The van der Waals surface area contributed by atoms with Crippen molar-refractivity contribution in [3.8, 4) is 5.75 Å². The zero-order chi connectivity index (χ0) is 14.2. The van der Waals surface area contributed by atoms with Gasteiger partial charge in [0.1, 0.15) is 5.75 Å². The molecule has 1 aromatic carbocycles. The van der Waals surface area contributed by atoms with Crippen molar-refractivity contribution in [3.05, 3.63) is 46.7 Å². The second kappa shape index (κ2) is 7.67. The lowest BCUT2D eigenvalue weighted by Gasteiger charge is -2.10. The number of para-hydroxylation sites is 2. The summed E-state index contributed by atoms with van der Waals surface area (Å²) in [5, 5.41) is 8.03. The molecular formula is C15H18N2O2S. The third-order valence-electron chi connectivity index (χ3n) is 2.79. The fourth-order valence-corrected chi connectivity index (χ4v) is 2.52. The molecule has 0 fully saturated rings. The quantitative estimate of drug-likeness (QED) is 0.770. The van der Waals surface area contributed by atoms with E-state index in [0.717, 1.165) is 13.0 Å². The van der Waals surface area contributed by atoms with Crippen molar-refractivity contribution in [1.82, 2.24) is 5.32 Å². The third kappa shape index (κ3) is 4.36. The minimum Gasteiger partial charge on any atom is -0.495 e. The molecule has 0 spiro atoms. The highest BCUT2D eigenvalue weighted by molar-refractivity contribution is 7.09. The number of nitrogens with one attached hydrogen (secondary N) is 2. The Bertz CT molecular complexity index is 541. The molecular weight excluding hydrogens is 272 g/mol. The summed E-state index contributed by atoms with van der Waals surface area (Å²) in [5.41, 5.74) is 0.694. The maximum Gasteiger partial charge on any atom is 0.238 e. The topological polar surface area (TPSA) is 50.4 Å². The number of benzene rings is 1. The molecule has 0 aliphatic rings. The lowest BCUT2D eigenvalue weighted by Crippen LogP contribution is -2.29. The molecule has 0 aliphatic carbocycles. The fraction of sp³-hybridized carbons (Fsp3) is 0.267. The van der Waals surface area contributed by atoms with Gasteiger partial charge in [0.2, 0.25) is 5.91 Å². The Morgan fingerprint density at radius 2 is 2.10 bits per heavy atom. The Balaban J connectivity index is 1.72. The van der Waals surface area contributed by atoms with Crippen LogP contribution in [0.3, 0.4) is 0 Å². The molecule has 2 aromatic rings. The van der Waals surface area contributed by atoms with E-state index in [-0.39, 0.29) is 5.91 Å². The molecule has 0 radical (unpaired) electrons. The molecule has 106 valence electrons. The summed E-state index contributed by atoms with van der Waals surface area (Å²) >= 11 is 1.73. The van der Waals surface area contributed by atoms with Crippen LogP contribution in [0.2, 0.25) is 0 Å². The Morgan fingerprint density at radius 3 is 2.85 bits per heavy atom. The van der Waals surface area contributed by atoms with E-state index in [2.05, 4.69) is 22.1 Å². The molecule has 1 amide bonds.